The van der Waals surface area contributed by atoms with E-state index in [1.54, 1.807) is 12.1 Å². The maximum atomic E-state index is 13.3. The molecule has 1 unspecified atom stereocenters. The first-order chi connectivity index (χ1) is 6.56. The van der Waals surface area contributed by atoms with Gasteiger partial charge in [0.15, 0.2) is 0 Å². The second-order valence-corrected chi connectivity index (χ2v) is 4.66. The van der Waals surface area contributed by atoms with Gasteiger partial charge in [0, 0.05) is 10.5 Å². The van der Waals surface area contributed by atoms with E-state index in [0.717, 1.165) is 4.90 Å². The standard InChI is InChI=1S/C10H10BrFOS/c1-6(13)10(11)8-5-7(14-2)3-4-9(8)12/h3-5,10H,1-2H3. The normalized spacial score (nSPS) is 12.6. The van der Waals surface area contributed by atoms with E-state index in [4.69, 9.17) is 0 Å². The zero-order valence-electron chi connectivity index (χ0n) is 7.88. The minimum atomic E-state index is -0.547. The first-order valence-corrected chi connectivity index (χ1v) is 6.18. The molecule has 1 rings (SSSR count). The predicted molar refractivity (Wildman–Crippen MR) is 60.5 cm³/mol. The quantitative estimate of drug-likeness (QED) is 0.620. The highest BCUT2D eigenvalue weighted by Gasteiger charge is 2.17. The Morgan fingerprint density at radius 3 is 2.71 bits per heavy atom. The molecule has 0 radical (unpaired) electrons. The number of Topliss-reactive ketones (excluding diaryl/α,β-unsaturated/α-hetero) is 1. The average molecular weight is 277 g/mol. The molecule has 0 saturated carbocycles. The number of benzene rings is 1. The van der Waals surface area contributed by atoms with Gasteiger partial charge < -0.3 is 0 Å². The molecule has 0 aliphatic heterocycles. The second kappa shape index (κ2) is 4.94. The van der Waals surface area contributed by atoms with Crippen LogP contribution in [-0.4, -0.2) is 12.0 Å². The summed E-state index contributed by atoms with van der Waals surface area (Å²) in [6.07, 6.45) is 1.91. The number of rotatable bonds is 3. The van der Waals surface area contributed by atoms with Crippen molar-refractivity contribution in [3.63, 3.8) is 0 Å². The summed E-state index contributed by atoms with van der Waals surface area (Å²) in [5, 5.41) is 0. The second-order valence-electron chi connectivity index (χ2n) is 2.86. The lowest BCUT2D eigenvalue weighted by atomic mass is 10.1. The lowest BCUT2D eigenvalue weighted by molar-refractivity contribution is -0.116. The summed E-state index contributed by atoms with van der Waals surface area (Å²) in [5.74, 6) is -0.443. The SMILES string of the molecule is CSc1ccc(F)c(C(Br)C(C)=O)c1. The number of thioether (sulfide) groups is 1. The van der Waals surface area contributed by atoms with Crippen LogP contribution in [0.5, 0.6) is 0 Å². The van der Waals surface area contributed by atoms with Gasteiger partial charge in [0.05, 0.1) is 0 Å². The molecule has 1 aromatic carbocycles. The Hall–Kier alpha value is -0.350. The van der Waals surface area contributed by atoms with Gasteiger partial charge in [0.2, 0.25) is 0 Å². The third-order valence-electron chi connectivity index (χ3n) is 1.83. The number of hydrogen-bond donors (Lipinski definition) is 0. The van der Waals surface area contributed by atoms with Crippen LogP contribution in [0, 0.1) is 5.82 Å². The van der Waals surface area contributed by atoms with E-state index in [-0.39, 0.29) is 11.6 Å². The summed E-state index contributed by atoms with van der Waals surface area (Å²) in [7, 11) is 0. The molecule has 0 heterocycles. The van der Waals surface area contributed by atoms with Crippen LogP contribution in [0.2, 0.25) is 0 Å². The van der Waals surface area contributed by atoms with Gasteiger partial charge in [-0.25, -0.2) is 4.39 Å². The molecule has 0 fully saturated rings. The zero-order valence-corrected chi connectivity index (χ0v) is 10.3. The van der Waals surface area contributed by atoms with Crippen LogP contribution in [0.25, 0.3) is 0 Å². The monoisotopic (exact) mass is 276 g/mol. The van der Waals surface area contributed by atoms with Crippen molar-refractivity contribution in [2.45, 2.75) is 16.6 Å². The van der Waals surface area contributed by atoms with Crippen molar-refractivity contribution in [3.8, 4) is 0 Å². The van der Waals surface area contributed by atoms with E-state index in [1.165, 1.54) is 24.8 Å². The number of ketones is 1. The van der Waals surface area contributed by atoms with Gasteiger partial charge >= 0.3 is 0 Å². The Kier molecular flexibility index (Phi) is 4.13. The fraction of sp³-hybridized carbons (Fsp3) is 0.300. The highest BCUT2D eigenvalue weighted by molar-refractivity contribution is 9.09. The van der Waals surface area contributed by atoms with E-state index < -0.39 is 4.83 Å². The molecule has 0 saturated heterocycles. The van der Waals surface area contributed by atoms with Crippen molar-refractivity contribution in [1.29, 1.82) is 0 Å². The van der Waals surface area contributed by atoms with Crippen molar-refractivity contribution >= 4 is 33.5 Å². The molecule has 0 N–H and O–H groups in total. The van der Waals surface area contributed by atoms with Crippen LogP contribution in [-0.2, 0) is 4.79 Å². The van der Waals surface area contributed by atoms with E-state index in [1.807, 2.05) is 6.26 Å². The molecule has 0 aliphatic rings. The molecule has 0 amide bonds. The topological polar surface area (TPSA) is 17.1 Å². The summed E-state index contributed by atoms with van der Waals surface area (Å²) in [5.41, 5.74) is 0.407. The lowest BCUT2D eigenvalue weighted by Gasteiger charge is -2.08. The van der Waals surface area contributed by atoms with Gasteiger partial charge in [0.1, 0.15) is 16.4 Å². The Morgan fingerprint density at radius 1 is 1.57 bits per heavy atom. The first-order valence-electron chi connectivity index (χ1n) is 4.04. The van der Waals surface area contributed by atoms with Crippen molar-refractivity contribution in [2.24, 2.45) is 0 Å². The maximum absolute atomic E-state index is 13.3. The Bertz CT molecular complexity index is 354. The Balaban J connectivity index is 3.11. The van der Waals surface area contributed by atoms with Crippen LogP contribution >= 0.6 is 27.7 Å². The fourth-order valence-corrected chi connectivity index (χ4v) is 1.86. The minimum absolute atomic E-state index is 0.0952. The van der Waals surface area contributed by atoms with Gasteiger partial charge in [-0.3, -0.25) is 4.79 Å². The van der Waals surface area contributed by atoms with Gasteiger partial charge in [-0.2, -0.15) is 0 Å². The summed E-state index contributed by atoms with van der Waals surface area (Å²) in [6, 6.07) is 4.78. The highest BCUT2D eigenvalue weighted by atomic mass is 79.9. The molecule has 76 valence electrons. The molecule has 1 atom stereocenters. The number of halogens is 2. The number of alkyl halides is 1. The van der Waals surface area contributed by atoms with E-state index in [2.05, 4.69) is 15.9 Å². The summed E-state index contributed by atoms with van der Waals surface area (Å²) < 4.78 is 13.3. The summed E-state index contributed by atoms with van der Waals surface area (Å²) in [4.78, 5) is 11.5. The molecular weight excluding hydrogens is 267 g/mol. The van der Waals surface area contributed by atoms with Crippen LogP contribution in [0.15, 0.2) is 23.1 Å². The molecule has 0 aliphatic carbocycles. The van der Waals surface area contributed by atoms with Gasteiger partial charge in [-0.15, -0.1) is 11.8 Å². The van der Waals surface area contributed by atoms with Crippen LogP contribution in [0.1, 0.15) is 17.3 Å². The molecule has 0 aromatic heterocycles. The summed E-state index contributed by atoms with van der Waals surface area (Å²) in [6.45, 7) is 1.44. The number of carbonyl (C=O) groups is 1. The van der Waals surface area contributed by atoms with Crippen molar-refractivity contribution < 1.29 is 9.18 Å². The third kappa shape index (κ3) is 2.58. The van der Waals surface area contributed by atoms with Crippen molar-refractivity contribution in [1.82, 2.24) is 0 Å². The average Bonchev–Trinajstić information content (AvgIpc) is 2.17. The first kappa shape index (κ1) is 11.7. The molecule has 0 bridgehead atoms. The largest absolute Gasteiger partial charge is 0.298 e. The minimum Gasteiger partial charge on any atom is -0.298 e. The summed E-state index contributed by atoms with van der Waals surface area (Å²) >= 11 is 4.69. The van der Waals surface area contributed by atoms with Gasteiger partial charge in [-0.05, 0) is 31.4 Å². The number of hydrogen-bond acceptors (Lipinski definition) is 2. The predicted octanol–water partition coefficient (Wildman–Crippen LogP) is 3.57. The molecule has 14 heavy (non-hydrogen) atoms. The Labute approximate surface area is 95.2 Å². The van der Waals surface area contributed by atoms with Crippen LogP contribution in [0.4, 0.5) is 4.39 Å². The van der Waals surface area contributed by atoms with E-state index >= 15 is 0 Å². The van der Waals surface area contributed by atoms with Crippen LogP contribution in [0.3, 0.4) is 0 Å². The maximum Gasteiger partial charge on any atom is 0.147 e. The molecule has 1 nitrogen and oxygen atoms in total. The molecule has 0 spiro atoms. The fourth-order valence-electron chi connectivity index (χ4n) is 1.06. The molecular formula is C10H10BrFOS. The molecule has 4 heteroatoms. The van der Waals surface area contributed by atoms with Crippen molar-refractivity contribution in [2.75, 3.05) is 6.26 Å². The van der Waals surface area contributed by atoms with Gasteiger partial charge in [-0.1, -0.05) is 15.9 Å². The van der Waals surface area contributed by atoms with Gasteiger partial charge in [0.25, 0.3) is 0 Å². The highest BCUT2D eigenvalue weighted by Crippen LogP contribution is 2.29. The smallest absolute Gasteiger partial charge is 0.147 e. The Morgan fingerprint density at radius 2 is 2.21 bits per heavy atom. The zero-order chi connectivity index (χ0) is 10.7. The van der Waals surface area contributed by atoms with Crippen LogP contribution < -0.4 is 0 Å². The van der Waals surface area contributed by atoms with E-state index in [9.17, 15) is 9.18 Å². The number of carbonyl (C=O) groups excluding carboxylic acids is 1. The molecule has 1 aromatic rings. The van der Waals surface area contributed by atoms with Crippen molar-refractivity contribution in [3.05, 3.63) is 29.6 Å². The third-order valence-corrected chi connectivity index (χ3v) is 3.70. The van der Waals surface area contributed by atoms with E-state index in [0.29, 0.717) is 5.56 Å². The lowest BCUT2D eigenvalue weighted by Crippen LogP contribution is -2.03.